The van der Waals surface area contributed by atoms with E-state index in [-0.39, 0.29) is 13.1 Å². The second-order valence-electron chi connectivity index (χ2n) is 2.43. The fraction of sp³-hybridized carbons (Fsp3) is 0.833. The highest BCUT2D eigenvalue weighted by atomic mass is 32.3. The van der Waals surface area contributed by atoms with Gasteiger partial charge in [0.1, 0.15) is 0 Å². The van der Waals surface area contributed by atoms with Crippen molar-refractivity contribution in [3.05, 3.63) is 0 Å². The summed E-state index contributed by atoms with van der Waals surface area (Å²) in [5, 5.41) is -4.99. The van der Waals surface area contributed by atoms with E-state index in [1.807, 2.05) is 0 Å². The molecule has 14 heavy (non-hydrogen) atoms. The normalized spacial score (nSPS) is 12.6. The van der Waals surface area contributed by atoms with Crippen LogP contribution < -0.4 is 0 Å². The number of nitrogens with zero attached hydrogens (tertiary/aromatic N) is 1. The van der Waals surface area contributed by atoms with Gasteiger partial charge in [-0.2, -0.15) is 17.2 Å². The summed E-state index contributed by atoms with van der Waals surface area (Å²) in [4.78, 5) is 11.4. The van der Waals surface area contributed by atoms with Crippen LogP contribution >= 0.6 is 0 Å². The third-order valence-corrected chi connectivity index (χ3v) is 2.39. The molecule has 0 aromatic heterocycles. The highest BCUT2D eigenvalue weighted by Crippen LogP contribution is 2.25. The Morgan fingerprint density at radius 3 is 1.86 bits per heavy atom. The first-order chi connectivity index (χ1) is 6.18. The summed E-state index contributed by atoms with van der Waals surface area (Å²) in [5.41, 5.74) is 0. The Bertz CT molecular complexity index is 310. The lowest BCUT2D eigenvalue weighted by Crippen LogP contribution is -2.46. The molecule has 0 aromatic rings. The van der Waals surface area contributed by atoms with Crippen molar-refractivity contribution < 1.29 is 25.9 Å². The van der Waals surface area contributed by atoms with Gasteiger partial charge in [0.2, 0.25) is 0 Å². The first-order valence-corrected chi connectivity index (χ1v) is 5.18. The molecule has 0 saturated carbocycles. The molecule has 0 bridgehead atoms. The first kappa shape index (κ1) is 13.2. The van der Waals surface area contributed by atoms with Gasteiger partial charge in [0.05, 0.1) is 0 Å². The Hall–Kier alpha value is -0.790. The molecule has 0 radical (unpaired) electrons. The second kappa shape index (κ2) is 4.16. The van der Waals surface area contributed by atoms with Crippen molar-refractivity contribution in [1.82, 2.24) is 4.90 Å². The van der Waals surface area contributed by atoms with E-state index >= 15 is 0 Å². The number of carbonyl (C=O) groups is 1. The van der Waals surface area contributed by atoms with Gasteiger partial charge in [0.15, 0.2) is 0 Å². The average molecular weight is 233 g/mol. The monoisotopic (exact) mass is 233 g/mol. The number of hydrogen-bond acceptors (Lipinski definition) is 3. The summed E-state index contributed by atoms with van der Waals surface area (Å²) >= 11 is 0. The van der Waals surface area contributed by atoms with E-state index in [1.165, 1.54) is 13.8 Å². The summed E-state index contributed by atoms with van der Waals surface area (Å²) in [6.07, 6.45) is 0. The van der Waals surface area contributed by atoms with Crippen molar-refractivity contribution in [3.63, 3.8) is 0 Å². The molecule has 0 atom stereocenters. The fourth-order valence-electron chi connectivity index (χ4n) is 0.799. The Morgan fingerprint density at radius 1 is 1.29 bits per heavy atom. The number of amides is 1. The molecule has 1 amide bonds. The topological polar surface area (TPSA) is 54.5 Å². The minimum atomic E-state index is -6.19. The number of carbonyl (C=O) groups excluding carboxylic acids is 1. The zero-order chi connectivity index (χ0) is 11.6. The number of alkyl halides is 2. The minimum absolute atomic E-state index is 0.111. The predicted molar refractivity (Wildman–Crippen MR) is 42.9 cm³/mol. The third kappa shape index (κ3) is 2.37. The lowest BCUT2D eigenvalue weighted by molar-refractivity contribution is -0.146. The maximum Gasteiger partial charge on any atom is 0.451 e. The molecule has 0 heterocycles. The standard InChI is InChI=1S/C6H10F3NO3S/c1-3-10(4-2)5(11)6(7,8)14(9,12)13/h3-4H2,1-2H3. The van der Waals surface area contributed by atoms with E-state index in [4.69, 9.17) is 0 Å². The van der Waals surface area contributed by atoms with E-state index < -0.39 is 21.4 Å². The summed E-state index contributed by atoms with van der Waals surface area (Å²) in [6, 6.07) is 0. The molecule has 4 nitrogen and oxygen atoms in total. The van der Waals surface area contributed by atoms with E-state index in [9.17, 15) is 25.9 Å². The van der Waals surface area contributed by atoms with Crippen LogP contribution in [0.15, 0.2) is 0 Å². The van der Waals surface area contributed by atoms with E-state index in [0.29, 0.717) is 4.90 Å². The van der Waals surface area contributed by atoms with Crippen LogP contribution in [0.2, 0.25) is 0 Å². The van der Waals surface area contributed by atoms with Crippen LogP contribution in [-0.4, -0.2) is 37.6 Å². The van der Waals surface area contributed by atoms with E-state index in [2.05, 4.69) is 0 Å². The molecule has 0 fully saturated rings. The Morgan fingerprint density at radius 2 is 1.64 bits per heavy atom. The third-order valence-electron chi connectivity index (χ3n) is 1.61. The van der Waals surface area contributed by atoms with Gasteiger partial charge in [0.25, 0.3) is 0 Å². The molecule has 0 saturated heterocycles. The van der Waals surface area contributed by atoms with Crippen LogP contribution in [0.4, 0.5) is 12.7 Å². The quantitative estimate of drug-likeness (QED) is 0.673. The summed E-state index contributed by atoms with van der Waals surface area (Å²) < 4.78 is 57.1. The first-order valence-electron chi connectivity index (χ1n) is 3.79. The molecule has 0 aliphatic rings. The molecule has 8 heteroatoms. The number of rotatable bonds is 4. The highest BCUT2D eigenvalue weighted by Gasteiger charge is 2.55. The molecule has 0 aliphatic carbocycles. The summed E-state index contributed by atoms with van der Waals surface area (Å²) in [7, 11) is -6.19. The van der Waals surface area contributed by atoms with Gasteiger partial charge >= 0.3 is 21.4 Å². The number of halogens is 3. The van der Waals surface area contributed by atoms with Gasteiger partial charge in [-0.1, -0.05) is 3.89 Å². The average Bonchev–Trinajstić information content (AvgIpc) is 2.04. The summed E-state index contributed by atoms with van der Waals surface area (Å²) in [6.45, 7) is 2.53. The van der Waals surface area contributed by atoms with Crippen molar-refractivity contribution in [1.29, 1.82) is 0 Å². The lowest BCUT2D eigenvalue weighted by Gasteiger charge is -2.21. The number of hydrogen-bond donors (Lipinski definition) is 0. The zero-order valence-electron chi connectivity index (χ0n) is 7.63. The van der Waals surface area contributed by atoms with Crippen LogP contribution in [0.25, 0.3) is 0 Å². The van der Waals surface area contributed by atoms with Crippen molar-refractivity contribution in [2.24, 2.45) is 0 Å². The predicted octanol–water partition coefficient (Wildman–Crippen LogP) is 0.747. The van der Waals surface area contributed by atoms with Crippen molar-refractivity contribution >= 4 is 16.1 Å². The van der Waals surface area contributed by atoms with Crippen molar-refractivity contribution in [2.75, 3.05) is 13.1 Å². The zero-order valence-corrected chi connectivity index (χ0v) is 8.44. The molecular weight excluding hydrogens is 223 g/mol. The van der Waals surface area contributed by atoms with Crippen LogP contribution in [-0.2, 0) is 15.0 Å². The van der Waals surface area contributed by atoms with Crippen LogP contribution in [0, 0.1) is 0 Å². The van der Waals surface area contributed by atoms with E-state index in [1.54, 1.807) is 0 Å². The fourth-order valence-corrected chi connectivity index (χ4v) is 1.14. The molecule has 0 aromatic carbocycles. The molecule has 0 rings (SSSR count). The Labute approximate surface area is 79.9 Å². The second-order valence-corrected chi connectivity index (χ2v) is 3.82. The van der Waals surface area contributed by atoms with Gasteiger partial charge < -0.3 is 4.90 Å². The van der Waals surface area contributed by atoms with Crippen LogP contribution in [0.5, 0.6) is 0 Å². The van der Waals surface area contributed by atoms with Crippen LogP contribution in [0.3, 0.4) is 0 Å². The molecule has 0 aliphatic heterocycles. The molecule has 84 valence electrons. The molecule has 0 spiro atoms. The van der Waals surface area contributed by atoms with Gasteiger partial charge in [0, 0.05) is 13.1 Å². The highest BCUT2D eigenvalue weighted by molar-refractivity contribution is 7.88. The minimum Gasteiger partial charge on any atom is -0.337 e. The maximum atomic E-state index is 12.6. The van der Waals surface area contributed by atoms with Gasteiger partial charge in [-0.05, 0) is 13.8 Å². The van der Waals surface area contributed by atoms with Gasteiger partial charge in [-0.15, -0.1) is 0 Å². The van der Waals surface area contributed by atoms with Crippen molar-refractivity contribution in [3.8, 4) is 0 Å². The molecular formula is C6H10F3NO3S. The Kier molecular flexibility index (Phi) is 3.92. The van der Waals surface area contributed by atoms with Gasteiger partial charge in [-0.25, -0.2) is 0 Å². The SMILES string of the molecule is CCN(CC)C(=O)C(F)(F)S(=O)(=O)F. The molecule has 0 N–H and O–H groups in total. The van der Waals surface area contributed by atoms with Crippen LogP contribution in [0.1, 0.15) is 13.8 Å². The summed E-state index contributed by atoms with van der Waals surface area (Å²) in [5.74, 6) is -2.04. The van der Waals surface area contributed by atoms with Crippen molar-refractivity contribution in [2.45, 2.75) is 19.1 Å². The smallest absolute Gasteiger partial charge is 0.337 e. The Balaban J connectivity index is 5.03. The molecule has 0 unspecified atom stereocenters. The lowest BCUT2D eigenvalue weighted by atomic mass is 10.4. The maximum absolute atomic E-state index is 12.6. The van der Waals surface area contributed by atoms with E-state index in [0.717, 1.165) is 0 Å². The largest absolute Gasteiger partial charge is 0.451 e. The van der Waals surface area contributed by atoms with Gasteiger partial charge in [-0.3, -0.25) is 4.79 Å².